The first kappa shape index (κ1) is 17.6. The molecule has 25 heavy (non-hydrogen) atoms. The molecular formula is C19H25N3O3. The quantitative estimate of drug-likeness (QED) is 0.789. The zero-order chi connectivity index (χ0) is 18.0. The fraction of sp³-hybridized carbons (Fsp3) is 0.474. The van der Waals surface area contributed by atoms with Crippen molar-refractivity contribution >= 4 is 17.5 Å². The number of amides is 2. The van der Waals surface area contributed by atoms with Crippen molar-refractivity contribution in [2.45, 2.75) is 25.2 Å². The Hall–Kier alpha value is -2.18. The van der Waals surface area contributed by atoms with E-state index in [1.54, 1.807) is 0 Å². The SMILES string of the molecule is CN1CCC(C)(c2ccc(NC3=CC(=O)N(CCO)C3=O)cc2)CC1. The Balaban J connectivity index is 1.68. The summed E-state index contributed by atoms with van der Waals surface area (Å²) in [5, 5.41) is 12.0. The van der Waals surface area contributed by atoms with Crippen LogP contribution in [0.25, 0.3) is 0 Å². The third-order valence-corrected chi connectivity index (χ3v) is 5.28. The van der Waals surface area contributed by atoms with Gasteiger partial charge >= 0.3 is 0 Å². The average molecular weight is 343 g/mol. The number of β-amino-alcohol motifs (C(OH)–C–C–N with tert-alkyl or cyclic N) is 1. The van der Waals surface area contributed by atoms with Crippen LogP contribution in [0.4, 0.5) is 5.69 Å². The van der Waals surface area contributed by atoms with E-state index in [-0.39, 0.29) is 24.3 Å². The van der Waals surface area contributed by atoms with Crippen LogP contribution in [0, 0.1) is 0 Å². The van der Waals surface area contributed by atoms with Gasteiger partial charge in [-0.1, -0.05) is 19.1 Å². The molecule has 1 fully saturated rings. The smallest absolute Gasteiger partial charge is 0.277 e. The standard InChI is InChI=1S/C19H25N3O3/c1-19(7-9-21(2)10-8-19)14-3-5-15(6-4-14)20-16-13-17(24)22(11-12-23)18(16)25/h3-6,13,20,23H,7-12H2,1-2H3. The molecule has 0 bridgehead atoms. The Morgan fingerprint density at radius 2 is 1.80 bits per heavy atom. The first-order valence-corrected chi connectivity index (χ1v) is 8.67. The highest BCUT2D eigenvalue weighted by molar-refractivity contribution is 6.17. The van der Waals surface area contributed by atoms with Crippen LogP contribution in [0.15, 0.2) is 36.0 Å². The molecule has 6 heteroatoms. The maximum atomic E-state index is 12.2. The predicted octanol–water partition coefficient (Wildman–Crippen LogP) is 1.33. The van der Waals surface area contributed by atoms with E-state index < -0.39 is 11.8 Å². The second kappa shape index (κ2) is 6.98. The Kier molecular flexibility index (Phi) is 4.92. The average Bonchev–Trinajstić information content (AvgIpc) is 2.86. The molecule has 0 aliphatic carbocycles. The van der Waals surface area contributed by atoms with Crippen molar-refractivity contribution < 1.29 is 14.7 Å². The molecule has 6 nitrogen and oxygen atoms in total. The van der Waals surface area contributed by atoms with Crippen molar-refractivity contribution in [3.8, 4) is 0 Å². The van der Waals surface area contributed by atoms with Crippen LogP contribution in [0.5, 0.6) is 0 Å². The van der Waals surface area contributed by atoms with E-state index in [0.717, 1.165) is 36.5 Å². The highest BCUT2D eigenvalue weighted by Gasteiger charge is 2.32. The predicted molar refractivity (Wildman–Crippen MR) is 96.0 cm³/mol. The third-order valence-electron chi connectivity index (χ3n) is 5.28. The molecule has 134 valence electrons. The number of aliphatic hydroxyl groups excluding tert-OH is 1. The molecule has 0 unspecified atom stereocenters. The lowest BCUT2D eigenvalue weighted by Gasteiger charge is -2.38. The minimum absolute atomic E-state index is 0.0189. The Labute approximate surface area is 148 Å². The van der Waals surface area contributed by atoms with Crippen molar-refractivity contribution in [1.29, 1.82) is 0 Å². The fourth-order valence-corrected chi connectivity index (χ4v) is 3.42. The van der Waals surface area contributed by atoms with Crippen molar-refractivity contribution in [3.05, 3.63) is 41.6 Å². The lowest BCUT2D eigenvalue weighted by Crippen LogP contribution is -2.38. The fourth-order valence-electron chi connectivity index (χ4n) is 3.42. The largest absolute Gasteiger partial charge is 0.395 e. The summed E-state index contributed by atoms with van der Waals surface area (Å²) in [7, 11) is 2.15. The number of carbonyl (C=O) groups excluding carboxylic acids is 2. The summed E-state index contributed by atoms with van der Waals surface area (Å²) in [6, 6.07) is 8.10. The zero-order valence-corrected chi connectivity index (χ0v) is 14.8. The first-order valence-electron chi connectivity index (χ1n) is 8.67. The number of nitrogens with one attached hydrogen (secondary N) is 1. The number of hydrogen-bond acceptors (Lipinski definition) is 5. The Morgan fingerprint density at radius 3 is 2.40 bits per heavy atom. The summed E-state index contributed by atoms with van der Waals surface area (Å²) in [5.74, 6) is -0.789. The topological polar surface area (TPSA) is 72.9 Å². The van der Waals surface area contributed by atoms with Crippen LogP contribution < -0.4 is 5.32 Å². The maximum Gasteiger partial charge on any atom is 0.277 e. The minimum Gasteiger partial charge on any atom is -0.395 e. The molecule has 0 radical (unpaired) electrons. The van der Waals surface area contributed by atoms with Crippen LogP contribution in [0.3, 0.4) is 0 Å². The van der Waals surface area contributed by atoms with Gasteiger partial charge in [0.25, 0.3) is 11.8 Å². The van der Waals surface area contributed by atoms with E-state index in [1.165, 1.54) is 11.6 Å². The number of aliphatic hydroxyl groups is 1. The zero-order valence-electron chi connectivity index (χ0n) is 14.8. The molecule has 0 atom stereocenters. The van der Waals surface area contributed by atoms with Gasteiger partial charge in [0.15, 0.2) is 0 Å². The number of rotatable bonds is 5. The van der Waals surface area contributed by atoms with Crippen molar-refractivity contribution in [2.24, 2.45) is 0 Å². The highest BCUT2D eigenvalue weighted by atomic mass is 16.3. The van der Waals surface area contributed by atoms with Crippen molar-refractivity contribution in [2.75, 3.05) is 38.6 Å². The maximum absolute atomic E-state index is 12.2. The molecule has 1 saturated heterocycles. The van der Waals surface area contributed by atoms with Crippen LogP contribution in [-0.4, -0.2) is 60.0 Å². The summed E-state index contributed by atoms with van der Waals surface area (Å²) in [4.78, 5) is 27.3. The molecule has 0 aromatic heterocycles. The normalized spacial score (nSPS) is 20.8. The lowest BCUT2D eigenvalue weighted by atomic mass is 9.74. The van der Waals surface area contributed by atoms with E-state index >= 15 is 0 Å². The van der Waals surface area contributed by atoms with E-state index in [2.05, 4.69) is 36.3 Å². The van der Waals surface area contributed by atoms with Crippen molar-refractivity contribution in [3.63, 3.8) is 0 Å². The van der Waals surface area contributed by atoms with E-state index in [0.29, 0.717) is 0 Å². The number of piperidine rings is 1. The Bertz CT molecular complexity index is 688. The Morgan fingerprint density at radius 1 is 1.16 bits per heavy atom. The first-order chi connectivity index (χ1) is 11.9. The van der Waals surface area contributed by atoms with Gasteiger partial charge in [0, 0.05) is 11.8 Å². The van der Waals surface area contributed by atoms with Crippen LogP contribution >= 0.6 is 0 Å². The van der Waals surface area contributed by atoms with E-state index in [4.69, 9.17) is 5.11 Å². The molecule has 2 amide bonds. The van der Waals surface area contributed by atoms with Gasteiger partial charge in [-0.05, 0) is 56.1 Å². The van der Waals surface area contributed by atoms with Gasteiger partial charge in [0.05, 0.1) is 13.2 Å². The van der Waals surface area contributed by atoms with Gasteiger partial charge in [-0.25, -0.2) is 0 Å². The molecule has 2 aliphatic heterocycles. The van der Waals surface area contributed by atoms with E-state index in [1.807, 2.05) is 12.1 Å². The molecule has 2 heterocycles. The monoisotopic (exact) mass is 343 g/mol. The number of nitrogens with zero attached hydrogens (tertiary/aromatic N) is 2. The summed E-state index contributed by atoms with van der Waals surface area (Å²) < 4.78 is 0. The van der Waals surface area contributed by atoms with Gasteiger partial charge in [-0.3, -0.25) is 14.5 Å². The number of anilines is 1. The van der Waals surface area contributed by atoms with Crippen LogP contribution in [0.1, 0.15) is 25.3 Å². The van der Waals surface area contributed by atoms with Gasteiger partial charge in [0.2, 0.25) is 0 Å². The molecule has 0 spiro atoms. The molecule has 0 saturated carbocycles. The van der Waals surface area contributed by atoms with Gasteiger partial charge < -0.3 is 15.3 Å². The van der Waals surface area contributed by atoms with Gasteiger partial charge in [0.1, 0.15) is 5.70 Å². The minimum atomic E-state index is -0.398. The molecular weight excluding hydrogens is 318 g/mol. The second-order valence-electron chi connectivity index (χ2n) is 7.14. The summed E-state index contributed by atoms with van der Waals surface area (Å²) in [5.41, 5.74) is 2.51. The number of likely N-dealkylation sites (tertiary alicyclic amines) is 1. The number of imide groups is 1. The van der Waals surface area contributed by atoms with E-state index in [9.17, 15) is 9.59 Å². The summed E-state index contributed by atoms with van der Waals surface area (Å²) in [6.45, 7) is 4.28. The van der Waals surface area contributed by atoms with Crippen LogP contribution in [-0.2, 0) is 15.0 Å². The molecule has 2 aliphatic rings. The molecule has 1 aromatic rings. The second-order valence-corrected chi connectivity index (χ2v) is 7.14. The number of benzene rings is 1. The van der Waals surface area contributed by atoms with Gasteiger partial charge in [-0.2, -0.15) is 0 Å². The van der Waals surface area contributed by atoms with Gasteiger partial charge in [-0.15, -0.1) is 0 Å². The number of carbonyl (C=O) groups is 2. The van der Waals surface area contributed by atoms with Crippen LogP contribution in [0.2, 0.25) is 0 Å². The van der Waals surface area contributed by atoms with Crippen molar-refractivity contribution in [1.82, 2.24) is 9.80 Å². The lowest BCUT2D eigenvalue weighted by molar-refractivity contribution is -0.137. The third kappa shape index (κ3) is 3.60. The number of hydrogen-bond donors (Lipinski definition) is 2. The molecule has 2 N–H and O–H groups in total. The summed E-state index contributed by atoms with van der Waals surface area (Å²) in [6.07, 6.45) is 3.54. The highest BCUT2D eigenvalue weighted by Crippen LogP contribution is 2.35. The molecule has 3 rings (SSSR count). The molecule has 1 aromatic carbocycles. The summed E-state index contributed by atoms with van der Waals surface area (Å²) >= 11 is 0.